The van der Waals surface area contributed by atoms with Crippen molar-refractivity contribution in [3.8, 4) is 0 Å². The maximum Gasteiger partial charge on any atom is 0.391 e. The number of rotatable bonds is 7. The second-order valence-corrected chi connectivity index (χ2v) is 3.77. The lowest BCUT2D eigenvalue weighted by Crippen LogP contribution is -2.53. The highest BCUT2D eigenvalue weighted by Gasteiger charge is 2.34. The first-order valence-corrected chi connectivity index (χ1v) is 5.23. The lowest BCUT2D eigenvalue weighted by Gasteiger charge is -2.27. The SMILES string of the molecule is CCNC(C)(COCCC(F)(F)F)C(=O)OC. The molecule has 0 bridgehead atoms. The molecular weight excluding hydrogens is 239 g/mol. The van der Waals surface area contributed by atoms with Crippen molar-refractivity contribution in [2.45, 2.75) is 32.0 Å². The molecule has 7 heteroatoms. The number of likely N-dealkylation sites (N-methyl/N-ethyl adjacent to an activating group) is 1. The summed E-state index contributed by atoms with van der Waals surface area (Å²) in [5.41, 5.74) is -1.12. The molecule has 0 aromatic heterocycles. The molecule has 0 aliphatic carbocycles. The molecule has 1 N–H and O–H groups in total. The molecule has 0 aromatic carbocycles. The van der Waals surface area contributed by atoms with Crippen molar-refractivity contribution in [2.24, 2.45) is 0 Å². The van der Waals surface area contributed by atoms with Crippen LogP contribution < -0.4 is 5.32 Å². The minimum Gasteiger partial charge on any atom is -0.468 e. The van der Waals surface area contributed by atoms with Gasteiger partial charge in [-0.3, -0.25) is 0 Å². The molecule has 0 radical (unpaired) electrons. The van der Waals surface area contributed by atoms with Crippen LogP contribution in [-0.4, -0.2) is 44.6 Å². The van der Waals surface area contributed by atoms with Crippen molar-refractivity contribution >= 4 is 5.97 Å². The highest BCUT2D eigenvalue weighted by Crippen LogP contribution is 2.19. The van der Waals surface area contributed by atoms with E-state index in [2.05, 4.69) is 10.1 Å². The Morgan fingerprint density at radius 1 is 1.35 bits per heavy atom. The van der Waals surface area contributed by atoms with Crippen LogP contribution in [0.25, 0.3) is 0 Å². The average Bonchev–Trinajstić information content (AvgIpc) is 2.22. The van der Waals surface area contributed by atoms with Gasteiger partial charge in [0.1, 0.15) is 5.54 Å². The third-order valence-corrected chi connectivity index (χ3v) is 2.12. The number of alkyl halides is 3. The van der Waals surface area contributed by atoms with Crippen LogP contribution in [0.4, 0.5) is 13.2 Å². The summed E-state index contributed by atoms with van der Waals surface area (Å²) in [6, 6.07) is 0. The number of ether oxygens (including phenoxy) is 2. The summed E-state index contributed by atoms with van der Waals surface area (Å²) >= 11 is 0. The van der Waals surface area contributed by atoms with E-state index in [-0.39, 0.29) is 6.61 Å². The number of hydrogen-bond acceptors (Lipinski definition) is 4. The smallest absolute Gasteiger partial charge is 0.391 e. The summed E-state index contributed by atoms with van der Waals surface area (Å²) in [5, 5.41) is 2.83. The van der Waals surface area contributed by atoms with Crippen LogP contribution in [-0.2, 0) is 14.3 Å². The van der Waals surface area contributed by atoms with Gasteiger partial charge < -0.3 is 14.8 Å². The first-order valence-electron chi connectivity index (χ1n) is 5.23. The zero-order chi connectivity index (χ0) is 13.5. The Morgan fingerprint density at radius 2 is 1.94 bits per heavy atom. The molecule has 0 heterocycles. The zero-order valence-electron chi connectivity index (χ0n) is 10.2. The Kier molecular flexibility index (Phi) is 6.48. The number of esters is 1. The standard InChI is InChI=1S/C10H18F3NO3/c1-4-14-9(2,8(15)16-3)7-17-6-5-10(11,12)13/h14H,4-7H2,1-3H3. The molecule has 4 nitrogen and oxygen atoms in total. The van der Waals surface area contributed by atoms with E-state index >= 15 is 0 Å². The van der Waals surface area contributed by atoms with Gasteiger partial charge in [-0.1, -0.05) is 6.92 Å². The molecule has 0 saturated heterocycles. The van der Waals surface area contributed by atoms with Crippen molar-refractivity contribution in [3.63, 3.8) is 0 Å². The van der Waals surface area contributed by atoms with E-state index in [4.69, 9.17) is 4.74 Å². The molecule has 102 valence electrons. The van der Waals surface area contributed by atoms with Gasteiger partial charge >= 0.3 is 12.1 Å². The lowest BCUT2D eigenvalue weighted by atomic mass is 10.0. The van der Waals surface area contributed by atoms with Gasteiger partial charge in [-0.15, -0.1) is 0 Å². The van der Waals surface area contributed by atoms with Gasteiger partial charge in [0.25, 0.3) is 0 Å². The number of carbonyl (C=O) groups excluding carboxylic acids is 1. The fourth-order valence-corrected chi connectivity index (χ4v) is 1.26. The van der Waals surface area contributed by atoms with Crippen LogP contribution in [0.15, 0.2) is 0 Å². The lowest BCUT2D eigenvalue weighted by molar-refractivity contribution is -0.155. The van der Waals surface area contributed by atoms with Gasteiger partial charge in [-0.05, 0) is 13.5 Å². The molecule has 0 rings (SSSR count). The largest absolute Gasteiger partial charge is 0.468 e. The van der Waals surface area contributed by atoms with Crippen LogP contribution in [0.3, 0.4) is 0 Å². The fraction of sp³-hybridized carbons (Fsp3) is 0.900. The van der Waals surface area contributed by atoms with Crippen LogP contribution in [0.5, 0.6) is 0 Å². The quantitative estimate of drug-likeness (QED) is 0.554. The monoisotopic (exact) mass is 257 g/mol. The molecular formula is C10H18F3NO3. The normalized spacial score (nSPS) is 15.4. The second kappa shape index (κ2) is 6.80. The molecule has 17 heavy (non-hydrogen) atoms. The van der Waals surface area contributed by atoms with Gasteiger partial charge in [0.2, 0.25) is 0 Å². The Balaban J connectivity index is 4.14. The summed E-state index contributed by atoms with van der Waals surface area (Å²) in [6.07, 6.45) is -5.28. The van der Waals surface area contributed by atoms with Gasteiger partial charge in [0, 0.05) is 0 Å². The van der Waals surface area contributed by atoms with E-state index in [0.29, 0.717) is 6.54 Å². The van der Waals surface area contributed by atoms with E-state index in [1.54, 1.807) is 6.92 Å². The van der Waals surface area contributed by atoms with Crippen LogP contribution in [0.1, 0.15) is 20.3 Å². The first kappa shape index (κ1) is 16.2. The molecule has 0 aliphatic rings. The average molecular weight is 257 g/mol. The van der Waals surface area contributed by atoms with E-state index < -0.39 is 30.7 Å². The molecule has 0 spiro atoms. The Bertz CT molecular complexity index is 245. The van der Waals surface area contributed by atoms with Crippen LogP contribution in [0.2, 0.25) is 0 Å². The predicted molar refractivity (Wildman–Crippen MR) is 55.6 cm³/mol. The van der Waals surface area contributed by atoms with Gasteiger partial charge in [-0.2, -0.15) is 13.2 Å². The van der Waals surface area contributed by atoms with Gasteiger partial charge in [0.05, 0.1) is 26.7 Å². The Labute approximate surface area is 98.5 Å². The summed E-state index contributed by atoms with van der Waals surface area (Å²) in [7, 11) is 1.22. The summed E-state index contributed by atoms with van der Waals surface area (Å²) in [4.78, 5) is 11.4. The number of hydrogen-bond donors (Lipinski definition) is 1. The molecule has 0 fully saturated rings. The molecule has 1 unspecified atom stereocenters. The Morgan fingerprint density at radius 3 is 2.35 bits per heavy atom. The van der Waals surface area contributed by atoms with E-state index in [9.17, 15) is 18.0 Å². The van der Waals surface area contributed by atoms with Crippen LogP contribution >= 0.6 is 0 Å². The molecule has 0 saturated carbocycles. The van der Waals surface area contributed by atoms with Crippen molar-refractivity contribution in [1.29, 1.82) is 0 Å². The summed E-state index contributed by atoms with van der Waals surface area (Å²) in [6.45, 7) is 3.14. The van der Waals surface area contributed by atoms with E-state index in [1.165, 1.54) is 14.0 Å². The summed E-state index contributed by atoms with van der Waals surface area (Å²) in [5.74, 6) is -0.564. The maximum atomic E-state index is 11.9. The number of halogens is 3. The Hall–Kier alpha value is -0.820. The second-order valence-electron chi connectivity index (χ2n) is 3.77. The molecule has 1 atom stereocenters. The van der Waals surface area contributed by atoms with Gasteiger partial charge in [0.15, 0.2) is 0 Å². The van der Waals surface area contributed by atoms with E-state index in [0.717, 1.165) is 0 Å². The molecule has 0 aliphatic heterocycles. The van der Waals surface area contributed by atoms with E-state index in [1.807, 2.05) is 0 Å². The van der Waals surface area contributed by atoms with Crippen molar-refractivity contribution in [2.75, 3.05) is 26.9 Å². The third-order valence-electron chi connectivity index (χ3n) is 2.12. The van der Waals surface area contributed by atoms with Crippen molar-refractivity contribution in [3.05, 3.63) is 0 Å². The van der Waals surface area contributed by atoms with Crippen molar-refractivity contribution in [1.82, 2.24) is 5.32 Å². The van der Waals surface area contributed by atoms with Gasteiger partial charge in [-0.25, -0.2) is 4.79 Å². The zero-order valence-corrected chi connectivity index (χ0v) is 10.2. The number of nitrogens with one attached hydrogen (secondary N) is 1. The number of methoxy groups -OCH3 is 1. The maximum absolute atomic E-state index is 11.9. The highest BCUT2D eigenvalue weighted by molar-refractivity contribution is 5.80. The predicted octanol–water partition coefficient (Wildman–Crippen LogP) is 1.50. The fourth-order valence-electron chi connectivity index (χ4n) is 1.26. The number of carbonyl (C=O) groups is 1. The third kappa shape index (κ3) is 6.48. The minimum absolute atomic E-state index is 0.163. The molecule has 0 amide bonds. The van der Waals surface area contributed by atoms with Crippen LogP contribution in [0, 0.1) is 0 Å². The molecule has 0 aromatic rings. The minimum atomic E-state index is -4.25. The topological polar surface area (TPSA) is 47.6 Å². The summed E-state index contributed by atoms with van der Waals surface area (Å²) < 4.78 is 45.0. The first-order chi connectivity index (χ1) is 7.75. The van der Waals surface area contributed by atoms with Crippen molar-refractivity contribution < 1.29 is 27.4 Å². The highest BCUT2D eigenvalue weighted by atomic mass is 19.4.